The van der Waals surface area contributed by atoms with E-state index in [0.29, 0.717) is 10.2 Å². The number of esters is 3. The van der Waals surface area contributed by atoms with Crippen molar-refractivity contribution in [1.82, 2.24) is 0 Å². The minimum atomic E-state index is -2.07. The van der Waals surface area contributed by atoms with Crippen LogP contribution in [0.3, 0.4) is 0 Å². The molecule has 0 radical (unpaired) electrons. The molecule has 0 aliphatic carbocycles. The van der Waals surface area contributed by atoms with Gasteiger partial charge in [-0.25, -0.2) is 9.59 Å². The molecule has 1 amide bonds. The van der Waals surface area contributed by atoms with Crippen molar-refractivity contribution in [3.63, 3.8) is 0 Å². The van der Waals surface area contributed by atoms with E-state index < -0.39 is 41.5 Å². The number of hydrogen-bond acceptors (Lipinski definition) is 9. The van der Waals surface area contributed by atoms with Crippen molar-refractivity contribution in [1.29, 1.82) is 0 Å². The van der Waals surface area contributed by atoms with E-state index in [9.17, 15) is 19.2 Å². The largest absolute Gasteiger partial charge is 0.466 e. The van der Waals surface area contributed by atoms with Crippen LogP contribution in [0.1, 0.15) is 32.8 Å². The first kappa shape index (κ1) is 24.3. The lowest BCUT2D eigenvalue weighted by Crippen LogP contribution is -2.49. The molecule has 1 aromatic rings. The predicted molar refractivity (Wildman–Crippen MR) is 118 cm³/mol. The molecule has 2 aliphatic rings. The lowest BCUT2D eigenvalue weighted by atomic mass is 9.67. The summed E-state index contributed by atoms with van der Waals surface area (Å²) in [5.74, 6) is -4.08. The summed E-state index contributed by atoms with van der Waals surface area (Å²) in [5.41, 5.74) is 3.93. The van der Waals surface area contributed by atoms with Crippen LogP contribution in [0.15, 0.2) is 45.5 Å². The number of carbonyl (C=O) groups excluding carboxylic acids is 4. The molecule has 0 aromatic heterocycles. The standard InChI is InChI=1S/C22H23BrN2O8/c1-4-30-15(26)10-14-16(19(27)31-5-2)22(17(18(24)33-14)20(28)32-6-3)12-9-11(23)7-8-13(12)25-21(22)29/h7-9H,4-6,10,24H2,1-3H3,(H,25,29)/t22-/m0/s1. The number of anilines is 1. The maximum absolute atomic E-state index is 13.6. The van der Waals surface area contributed by atoms with Gasteiger partial charge in [-0.2, -0.15) is 0 Å². The van der Waals surface area contributed by atoms with E-state index in [1.54, 1.807) is 39.0 Å². The van der Waals surface area contributed by atoms with Gasteiger partial charge in [-0.15, -0.1) is 0 Å². The minimum absolute atomic E-state index is 0.0210. The molecule has 3 N–H and O–H groups in total. The summed E-state index contributed by atoms with van der Waals surface area (Å²) >= 11 is 3.36. The summed E-state index contributed by atoms with van der Waals surface area (Å²) in [5, 5.41) is 2.69. The van der Waals surface area contributed by atoms with Crippen LogP contribution in [0.5, 0.6) is 0 Å². The smallest absolute Gasteiger partial charge is 0.341 e. The fourth-order valence-corrected chi connectivity index (χ4v) is 4.28. The van der Waals surface area contributed by atoms with Crippen LogP contribution in [-0.4, -0.2) is 43.6 Å². The minimum Gasteiger partial charge on any atom is -0.466 e. The monoisotopic (exact) mass is 522 g/mol. The highest BCUT2D eigenvalue weighted by atomic mass is 79.9. The Morgan fingerprint density at radius 1 is 1.03 bits per heavy atom. The third kappa shape index (κ3) is 4.08. The van der Waals surface area contributed by atoms with E-state index in [4.69, 9.17) is 24.7 Å². The number of nitrogens with one attached hydrogen (secondary N) is 1. The number of amides is 1. The number of rotatable bonds is 7. The van der Waals surface area contributed by atoms with Gasteiger partial charge in [-0.1, -0.05) is 15.9 Å². The molecule has 3 rings (SSSR count). The van der Waals surface area contributed by atoms with Gasteiger partial charge in [0.1, 0.15) is 28.7 Å². The molecule has 1 aromatic carbocycles. The van der Waals surface area contributed by atoms with E-state index >= 15 is 0 Å². The normalized spacial score (nSPS) is 19.1. The highest BCUT2D eigenvalue weighted by molar-refractivity contribution is 9.10. The van der Waals surface area contributed by atoms with Crippen molar-refractivity contribution in [2.45, 2.75) is 32.6 Å². The molecule has 10 nitrogen and oxygen atoms in total. The molecule has 0 saturated carbocycles. The molecular weight excluding hydrogens is 500 g/mol. The van der Waals surface area contributed by atoms with Crippen LogP contribution in [-0.2, 0) is 43.5 Å². The molecule has 176 valence electrons. The Morgan fingerprint density at radius 3 is 2.24 bits per heavy atom. The average molecular weight is 523 g/mol. The fraction of sp³-hybridized carbons (Fsp3) is 0.364. The van der Waals surface area contributed by atoms with Crippen LogP contribution in [0.2, 0.25) is 0 Å². The number of fused-ring (bicyclic) bond motifs is 2. The van der Waals surface area contributed by atoms with Gasteiger partial charge < -0.3 is 30.0 Å². The second-order valence-electron chi connectivity index (χ2n) is 6.96. The van der Waals surface area contributed by atoms with Crippen molar-refractivity contribution >= 4 is 45.4 Å². The Bertz CT molecular complexity index is 1090. The highest BCUT2D eigenvalue weighted by Gasteiger charge is 2.62. The van der Waals surface area contributed by atoms with Gasteiger partial charge in [-0.05, 0) is 39.0 Å². The van der Waals surface area contributed by atoms with Gasteiger partial charge in [0.15, 0.2) is 0 Å². The van der Waals surface area contributed by atoms with Gasteiger partial charge in [0.2, 0.25) is 11.8 Å². The van der Waals surface area contributed by atoms with Crippen LogP contribution >= 0.6 is 15.9 Å². The quantitative estimate of drug-likeness (QED) is 0.406. The number of ether oxygens (including phenoxy) is 4. The van der Waals surface area contributed by atoms with Crippen LogP contribution in [0.25, 0.3) is 0 Å². The van der Waals surface area contributed by atoms with Gasteiger partial charge in [0.25, 0.3) is 0 Å². The number of benzene rings is 1. The molecule has 0 saturated heterocycles. The third-order valence-corrected chi connectivity index (χ3v) is 5.55. The Hall–Kier alpha value is -3.34. The van der Waals surface area contributed by atoms with E-state index in [1.807, 2.05) is 0 Å². The number of carbonyl (C=O) groups is 4. The molecule has 2 heterocycles. The molecule has 0 bridgehead atoms. The van der Waals surface area contributed by atoms with Crippen molar-refractivity contribution in [3.8, 4) is 0 Å². The molecule has 1 spiro atoms. The molecular formula is C22H23BrN2O8. The Morgan fingerprint density at radius 2 is 1.64 bits per heavy atom. The van der Waals surface area contributed by atoms with Crippen molar-refractivity contribution in [2.24, 2.45) is 5.73 Å². The van der Waals surface area contributed by atoms with E-state index in [2.05, 4.69) is 21.2 Å². The van der Waals surface area contributed by atoms with E-state index in [1.165, 1.54) is 0 Å². The van der Waals surface area contributed by atoms with Crippen LogP contribution < -0.4 is 11.1 Å². The fourth-order valence-electron chi connectivity index (χ4n) is 3.92. The maximum atomic E-state index is 13.6. The third-order valence-electron chi connectivity index (χ3n) is 5.05. The molecule has 33 heavy (non-hydrogen) atoms. The predicted octanol–water partition coefficient (Wildman–Crippen LogP) is 2.17. The summed E-state index contributed by atoms with van der Waals surface area (Å²) in [4.78, 5) is 52.3. The van der Waals surface area contributed by atoms with Crippen molar-refractivity contribution in [3.05, 3.63) is 51.0 Å². The molecule has 1 atom stereocenters. The van der Waals surface area contributed by atoms with E-state index in [0.717, 1.165) is 0 Å². The number of nitrogens with two attached hydrogens (primary N) is 1. The summed E-state index contributed by atoms with van der Waals surface area (Å²) < 4.78 is 21.5. The Kier molecular flexibility index (Phi) is 7.11. The molecule has 0 fully saturated rings. The average Bonchev–Trinajstić information content (AvgIpc) is 3.00. The summed E-state index contributed by atoms with van der Waals surface area (Å²) in [6.45, 7) is 4.81. The van der Waals surface area contributed by atoms with Crippen LogP contribution in [0, 0.1) is 0 Å². The molecule has 0 unspecified atom stereocenters. The van der Waals surface area contributed by atoms with Gasteiger partial charge in [-0.3, -0.25) is 9.59 Å². The zero-order valence-corrected chi connectivity index (χ0v) is 19.9. The molecule has 11 heteroatoms. The number of halogens is 1. The van der Waals surface area contributed by atoms with Crippen LogP contribution in [0.4, 0.5) is 5.69 Å². The van der Waals surface area contributed by atoms with E-state index in [-0.39, 0.29) is 42.3 Å². The summed E-state index contributed by atoms with van der Waals surface area (Å²) in [6, 6.07) is 4.86. The highest BCUT2D eigenvalue weighted by Crippen LogP contribution is 2.53. The lowest BCUT2D eigenvalue weighted by molar-refractivity contribution is -0.143. The Labute approximate surface area is 198 Å². The molecule has 2 aliphatic heterocycles. The SMILES string of the molecule is CCOC(=O)CC1=C(C(=O)OCC)[C@]2(C(=O)Nc3ccc(Br)cc32)C(C(=O)OCC)=C(N)O1. The van der Waals surface area contributed by atoms with Gasteiger partial charge >= 0.3 is 17.9 Å². The summed E-state index contributed by atoms with van der Waals surface area (Å²) in [6.07, 6.45) is -0.517. The Balaban J connectivity index is 2.40. The van der Waals surface area contributed by atoms with Crippen molar-refractivity contribution in [2.75, 3.05) is 25.1 Å². The number of hydrogen-bond donors (Lipinski definition) is 2. The second-order valence-corrected chi connectivity index (χ2v) is 7.87. The topological polar surface area (TPSA) is 143 Å². The van der Waals surface area contributed by atoms with Gasteiger partial charge in [0.05, 0.1) is 19.8 Å². The van der Waals surface area contributed by atoms with Gasteiger partial charge in [0, 0.05) is 15.7 Å². The first-order valence-corrected chi connectivity index (χ1v) is 11.0. The first-order chi connectivity index (χ1) is 15.7. The summed E-state index contributed by atoms with van der Waals surface area (Å²) in [7, 11) is 0. The second kappa shape index (κ2) is 9.65. The van der Waals surface area contributed by atoms with Crippen molar-refractivity contribution < 1.29 is 38.1 Å². The zero-order chi connectivity index (χ0) is 24.3. The lowest BCUT2D eigenvalue weighted by Gasteiger charge is -2.36. The maximum Gasteiger partial charge on any atom is 0.341 e. The first-order valence-electron chi connectivity index (χ1n) is 10.2. The zero-order valence-electron chi connectivity index (χ0n) is 18.3.